The lowest BCUT2D eigenvalue weighted by atomic mass is 9.81. The Bertz CT molecular complexity index is 1050. The molecule has 2 aliphatic heterocycles. The summed E-state index contributed by atoms with van der Waals surface area (Å²) in [5, 5.41) is 3.06. The normalized spacial score (nSPS) is 24.2. The SMILES string of the molecule is [C-]#[N+]c1cnc(C(=O)Nc2ccc(C3CCC(N4CCOCC4)CC3)cc2N2CCC(C)CC2)[nH]1. The first-order chi connectivity index (χ1) is 17.1. The number of nitrogens with one attached hydrogen (secondary N) is 2. The molecule has 3 aliphatic rings. The van der Waals surface area contributed by atoms with Crippen molar-refractivity contribution in [2.75, 3.05) is 49.6 Å². The molecule has 2 saturated heterocycles. The van der Waals surface area contributed by atoms with E-state index in [-0.39, 0.29) is 17.5 Å². The molecule has 0 bridgehead atoms. The van der Waals surface area contributed by atoms with Crippen molar-refractivity contribution >= 4 is 23.1 Å². The Labute approximate surface area is 207 Å². The van der Waals surface area contributed by atoms with Crippen molar-refractivity contribution in [3.05, 3.63) is 47.2 Å². The molecular formula is C27H36N6O2. The maximum Gasteiger partial charge on any atom is 0.314 e. The van der Waals surface area contributed by atoms with E-state index in [2.05, 4.69) is 55.1 Å². The molecular weight excluding hydrogens is 440 g/mol. The number of amides is 1. The van der Waals surface area contributed by atoms with Crippen molar-refractivity contribution in [2.45, 2.75) is 57.4 Å². The number of ether oxygens (including phenoxy) is 1. The van der Waals surface area contributed by atoms with Gasteiger partial charge in [0.1, 0.15) is 0 Å². The summed E-state index contributed by atoms with van der Waals surface area (Å²) in [5.41, 5.74) is 3.30. The molecule has 0 atom stereocenters. The summed E-state index contributed by atoms with van der Waals surface area (Å²) in [5.74, 6) is 1.41. The van der Waals surface area contributed by atoms with Gasteiger partial charge in [0.25, 0.3) is 5.82 Å². The van der Waals surface area contributed by atoms with Crippen LogP contribution in [-0.4, -0.2) is 66.2 Å². The van der Waals surface area contributed by atoms with Gasteiger partial charge in [-0.05, 0) is 68.1 Å². The standard InChI is InChI=1S/C27H36N6O2/c1-19-9-11-33(12-10-19)24-17-21(20-3-6-22(7-4-20)32-13-15-35-16-14-32)5-8-23(24)30-27(34)26-29-18-25(28-2)31-26/h5,8,17-20,22H,3-4,6-7,9-16H2,1H3,(H,29,31)(H,30,34). The van der Waals surface area contributed by atoms with E-state index in [1.807, 2.05) is 0 Å². The number of imidazole rings is 1. The second-order valence-electron chi connectivity index (χ2n) is 10.3. The summed E-state index contributed by atoms with van der Waals surface area (Å²) in [4.78, 5) is 28.1. The minimum absolute atomic E-state index is 0.166. The molecule has 0 radical (unpaired) electrons. The summed E-state index contributed by atoms with van der Waals surface area (Å²) >= 11 is 0. The van der Waals surface area contributed by atoms with Gasteiger partial charge in [0.15, 0.2) is 0 Å². The Balaban J connectivity index is 1.32. The van der Waals surface area contributed by atoms with Crippen molar-refractivity contribution in [3.8, 4) is 0 Å². The number of H-pyrrole nitrogens is 1. The molecule has 0 spiro atoms. The smallest absolute Gasteiger partial charge is 0.314 e. The molecule has 8 nitrogen and oxygen atoms in total. The Kier molecular flexibility index (Phi) is 7.35. The summed E-state index contributed by atoms with van der Waals surface area (Å²) in [7, 11) is 0. The minimum Gasteiger partial charge on any atom is -0.379 e. The highest BCUT2D eigenvalue weighted by atomic mass is 16.5. The van der Waals surface area contributed by atoms with Crippen LogP contribution in [0.25, 0.3) is 4.85 Å². The van der Waals surface area contributed by atoms with Gasteiger partial charge in [-0.2, -0.15) is 0 Å². The van der Waals surface area contributed by atoms with Crippen LogP contribution in [0.15, 0.2) is 24.4 Å². The lowest BCUT2D eigenvalue weighted by molar-refractivity contribution is 0.00730. The molecule has 0 unspecified atom stereocenters. The second kappa shape index (κ2) is 10.8. The van der Waals surface area contributed by atoms with E-state index in [0.29, 0.717) is 12.0 Å². The van der Waals surface area contributed by atoms with E-state index >= 15 is 0 Å². The van der Waals surface area contributed by atoms with Crippen LogP contribution in [0, 0.1) is 12.5 Å². The van der Waals surface area contributed by atoms with Crippen LogP contribution in [0.3, 0.4) is 0 Å². The molecule has 1 aliphatic carbocycles. The van der Waals surface area contributed by atoms with Gasteiger partial charge in [-0.15, -0.1) is 0 Å². The number of hydrogen-bond donors (Lipinski definition) is 2. The molecule has 186 valence electrons. The van der Waals surface area contributed by atoms with Crippen LogP contribution in [-0.2, 0) is 4.74 Å². The van der Waals surface area contributed by atoms with Crippen molar-refractivity contribution in [2.24, 2.45) is 5.92 Å². The first-order valence-electron chi connectivity index (χ1n) is 13.0. The predicted molar refractivity (Wildman–Crippen MR) is 137 cm³/mol. The number of aromatic amines is 1. The van der Waals surface area contributed by atoms with Gasteiger partial charge in [0.05, 0.1) is 30.8 Å². The average molecular weight is 477 g/mol. The fraction of sp³-hybridized carbons (Fsp3) is 0.593. The van der Waals surface area contributed by atoms with Gasteiger partial charge < -0.3 is 19.8 Å². The zero-order valence-electron chi connectivity index (χ0n) is 20.6. The fourth-order valence-electron chi connectivity index (χ4n) is 5.80. The van der Waals surface area contributed by atoms with Gasteiger partial charge in [-0.1, -0.05) is 19.6 Å². The molecule has 2 aromatic rings. The molecule has 3 heterocycles. The van der Waals surface area contributed by atoms with E-state index in [9.17, 15) is 4.79 Å². The summed E-state index contributed by atoms with van der Waals surface area (Å²) in [6.07, 6.45) is 8.60. The Morgan fingerprint density at radius 1 is 1.11 bits per heavy atom. The first-order valence-corrected chi connectivity index (χ1v) is 13.0. The Hall–Kier alpha value is -2.89. The van der Waals surface area contributed by atoms with Crippen molar-refractivity contribution < 1.29 is 9.53 Å². The third kappa shape index (κ3) is 5.52. The van der Waals surface area contributed by atoms with Crippen LogP contribution in [0.2, 0.25) is 0 Å². The van der Waals surface area contributed by atoms with Crippen molar-refractivity contribution in [1.82, 2.24) is 14.9 Å². The van der Waals surface area contributed by atoms with Gasteiger partial charge in [0.2, 0.25) is 5.82 Å². The molecule has 5 rings (SSSR count). The largest absolute Gasteiger partial charge is 0.379 e. The van der Waals surface area contributed by atoms with Crippen LogP contribution in [0.4, 0.5) is 17.2 Å². The zero-order chi connectivity index (χ0) is 24.2. The van der Waals surface area contributed by atoms with Crippen molar-refractivity contribution in [3.63, 3.8) is 0 Å². The number of hydrogen-bond acceptors (Lipinski definition) is 5. The van der Waals surface area contributed by atoms with Gasteiger partial charge in [0, 0.05) is 32.2 Å². The van der Waals surface area contributed by atoms with Gasteiger partial charge in [-0.25, -0.2) is 4.98 Å². The number of piperidine rings is 1. The molecule has 8 heteroatoms. The number of aromatic nitrogens is 2. The number of anilines is 2. The maximum absolute atomic E-state index is 12.9. The maximum atomic E-state index is 12.9. The Morgan fingerprint density at radius 2 is 1.86 bits per heavy atom. The Morgan fingerprint density at radius 3 is 2.54 bits per heavy atom. The summed E-state index contributed by atoms with van der Waals surface area (Å²) in [6, 6.07) is 7.26. The minimum atomic E-state index is -0.315. The van der Waals surface area contributed by atoms with E-state index in [4.69, 9.17) is 11.3 Å². The third-order valence-corrected chi connectivity index (χ3v) is 8.02. The fourth-order valence-corrected chi connectivity index (χ4v) is 5.80. The van der Waals surface area contributed by atoms with E-state index in [1.54, 1.807) is 0 Å². The average Bonchev–Trinajstić information content (AvgIpc) is 3.40. The highest BCUT2D eigenvalue weighted by molar-refractivity contribution is 6.04. The molecule has 2 N–H and O–H groups in total. The molecule has 1 aromatic carbocycles. The van der Waals surface area contributed by atoms with Gasteiger partial charge in [-0.3, -0.25) is 14.7 Å². The van der Waals surface area contributed by atoms with E-state index < -0.39 is 0 Å². The van der Waals surface area contributed by atoms with Gasteiger partial charge >= 0.3 is 5.91 Å². The lowest BCUT2D eigenvalue weighted by Crippen LogP contribution is -2.44. The van der Waals surface area contributed by atoms with Crippen molar-refractivity contribution in [1.29, 1.82) is 0 Å². The molecule has 3 fully saturated rings. The van der Waals surface area contributed by atoms with E-state index in [1.165, 1.54) is 37.4 Å². The molecule has 1 amide bonds. The number of benzene rings is 1. The van der Waals surface area contributed by atoms with Crippen LogP contribution in [0.1, 0.15) is 67.5 Å². The first kappa shape index (κ1) is 23.8. The highest BCUT2D eigenvalue weighted by Gasteiger charge is 2.29. The number of carbonyl (C=O) groups excluding carboxylic acids is 1. The van der Waals surface area contributed by atoms with Crippen LogP contribution < -0.4 is 10.2 Å². The lowest BCUT2D eigenvalue weighted by Gasteiger charge is -2.39. The van der Waals surface area contributed by atoms with Crippen LogP contribution in [0.5, 0.6) is 0 Å². The number of carbonyl (C=O) groups is 1. The molecule has 1 saturated carbocycles. The quantitative estimate of drug-likeness (QED) is 0.606. The van der Waals surface area contributed by atoms with E-state index in [0.717, 1.165) is 69.5 Å². The number of nitrogens with zero attached hydrogens (tertiary/aromatic N) is 4. The third-order valence-electron chi connectivity index (χ3n) is 8.02. The molecule has 1 aromatic heterocycles. The van der Waals surface area contributed by atoms with Crippen LogP contribution >= 0.6 is 0 Å². The monoisotopic (exact) mass is 476 g/mol. The highest BCUT2D eigenvalue weighted by Crippen LogP contribution is 2.39. The predicted octanol–water partition coefficient (Wildman–Crippen LogP) is 4.81. The number of morpholine rings is 1. The zero-order valence-corrected chi connectivity index (χ0v) is 20.6. The second-order valence-corrected chi connectivity index (χ2v) is 10.3. The number of rotatable bonds is 5. The summed E-state index contributed by atoms with van der Waals surface area (Å²) in [6.45, 7) is 15.3. The topological polar surface area (TPSA) is 77.9 Å². The molecule has 35 heavy (non-hydrogen) atoms. The summed E-state index contributed by atoms with van der Waals surface area (Å²) < 4.78 is 5.54.